The van der Waals surface area contributed by atoms with Crippen molar-refractivity contribution in [2.24, 2.45) is 5.14 Å². The third-order valence-electron chi connectivity index (χ3n) is 3.03. The SMILES string of the molecule is Cc1ccc(NC(=O)CSc2cc(F)ccc2F)cc1S(N)(=O)=O. The van der Waals surface area contributed by atoms with Gasteiger partial charge >= 0.3 is 0 Å². The summed E-state index contributed by atoms with van der Waals surface area (Å²) in [4.78, 5) is 11.8. The lowest BCUT2D eigenvalue weighted by Crippen LogP contribution is -2.17. The van der Waals surface area contributed by atoms with Crippen LogP contribution in [0.15, 0.2) is 46.2 Å². The second-order valence-electron chi connectivity index (χ2n) is 4.94. The lowest BCUT2D eigenvalue weighted by Gasteiger charge is -2.09. The number of carbonyl (C=O) groups is 1. The molecule has 0 fully saturated rings. The van der Waals surface area contributed by atoms with Gasteiger partial charge in [0.15, 0.2) is 0 Å². The van der Waals surface area contributed by atoms with Gasteiger partial charge in [-0.1, -0.05) is 6.07 Å². The predicted molar refractivity (Wildman–Crippen MR) is 88.3 cm³/mol. The molecule has 0 saturated heterocycles. The van der Waals surface area contributed by atoms with Gasteiger partial charge in [-0.2, -0.15) is 0 Å². The first kappa shape index (κ1) is 18.4. The zero-order valence-corrected chi connectivity index (χ0v) is 14.2. The van der Waals surface area contributed by atoms with Gasteiger partial charge in [-0.05, 0) is 42.8 Å². The molecule has 2 aromatic rings. The van der Waals surface area contributed by atoms with E-state index in [2.05, 4.69) is 5.32 Å². The fourth-order valence-electron chi connectivity index (χ4n) is 1.91. The smallest absolute Gasteiger partial charge is 0.238 e. The topological polar surface area (TPSA) is 89.3 Å². The number of rotatable bonds is 5. The molecular formula is C15H14F2N2O3S2. The van der Waals surface area contributed by atoms with E-state index in [0.29, 0.717) is 5.56 Å². The first-order valence-electron chi connectivity index (χ1n) is 6.68. The van der Waals surface area contributed by atoms with Crippen molar-refractivity contribution < 1.29 is 22.0 Å². The number of nitrogens with two attached hydrogens (primary N) is 1. The van der Waals surface area contributed by atoms with Crippen LogP contribution in [0.2, 0.25) is 0 Å². The fraction of sp³-hybridized carbons (Fsp3) is 0.133. The standard InChI is InChI=1S/C15H14F2N2O3S2/c1-9-2-4-11(7-14(9)24(18,21)22)19-15(20)8-23-13-6-10(16)3-5-12(13)17/h2-7H,8H2,1H3,(H,19,20)(H2,18,21,22). The molecule has 0 spiro atoms. The molecule has 128 valence electrons. The van der Waals surface area contributed by atoms with E-state index in [-0.39, 0.29) is 21.2 Å². The van der Waals surface area contributed by atoms with Crippen molar-refractivity contribution in [1.29, 1.82) is 0 Å². The average Bonchev–Trinajstić information content (AvgIpc) is 2.49. The van der Waals surface area contributed by atoms with Crippen molar-refractivity contribution >= 4 is 33.4 Å². The van der Waals surface area contributed by atoms with Gasteiger partial charge in [-0.25, -0.2) is 22.3 Å². The van der Waals surface area contributed by atoms with Crippen LogP contribution in [0.25, 0.3) is 0 Å². The van der Waals surface area contributed by atoms with E-state index in [1.54, 1.807) is 6.92 Å². The van der Waals surface area contributed by atoms with E-state index in [1.165, 1.54) is 18.2 Å². The van der Waals surface area contributed by atoms with Crippen molar-refractivity contribution in [3.8, 4) is 0 Å². The lowest BCUT2D eigenvalue weighted by molar-refractivity contribution is -0.113. The molecular weight excluding hydrogens is 358 g/mol. The summed E-state index contributed by atoms with van der Waals surface area (Å²) < 4.78 is 49.5. The number of anilines is 1. The maximum absolute atomic E-state index is 13.5. The van der Waals surface area contributed by atoms with Crippen LogP contribution in [-0.2, 0) is 14.8 Å². The quantitative estimate of drug-likeness (QED) is 0.790. The highest BCUT2D eigenvalue weighted by Crippen LogP contribution is 2.23. The second-order valence-corrected chi connectivity index (χ2v) is 7.48. The van der Waals surface area contributed by atoms with Crippen LogP contribution < -0.4 is 10.5 Å². The van der Waals surface area contributed by atoms with E-state index >= 15 is 0 Å². The number of hydrogen-bond donors (Lipinski definition) is 2. The largest absolute Gasteiger partial charge is 0.325 e. The molecule has 1 amide bonds. The normalized spacial score (nSPS) is 11.3. The van der Waals surface area contributed by atoms with Crippen LogP contribution in [0.5, 0.6) is 0 Å². The Labute approximate surface area is 142 Å². The highest BCUT2D eigenvalue weighted by Gasteiger charge is 2.14. The fourth-order valence-corrected chi connectivity index (χ4v) is 3.48. The summed E-state index contributed by atoms with van der Waals surface area (Å²) in [6.45, 7) is 1.58. The summed E-state index contributed by atoms with van der Waals surface area (Å²) in [5.41, 5.74) is 0.696. The Bertz CT molecular complexity index is 886. The molecule has 2 aromatic carbocycles. The average molecular weight is 372 g/mol. The number of amides is 1. The molecule has 0 saturated carbocycles. The minimum absolute atomic E-state index is 0.0132. The van der Waals surface area contributed by atoms with Gasteiger partial charge in [-0.3, -0.25) is 4.79 Å². The number of benzene rings is 2. The van der Waals surface area contributed by atoms with Gasteiger partial charge in [0.05, 0.1) is 10.6 Å². The second kappa shape index (κ2) is 7.29. The molecule has 0 unspecified atom stereocenters. The molecule has 0 aliphatic rings. The minimum atomic E-state index is -3.91. The Morgan fingerprint density at radius 3 is 2.58 bits per heavy atom. The molecule has 3 N–H and O–H groups in total. The van der Waals surface area contributed by atoms with Gasteiger partial charge < -0.3 is 5.32 Å². The van der Waals surface area contributed by atoms with Gasteiger partial charge in [-0.15, -0.1) is 11.8 Å². The van der Waals surface area contributed by atoms with Gasteiger partial charge in [0, 0.05) is 10.6 Å². The Morgan fingerprint density at radius 1 is 1.21 bits per heavy atom. The minimum Gasteiger partial charge on any atom is -0.325 e. The van der Waals surface area contributed by atoms with Gasteiger partial charge in [0.2, 0.25) is 15.9 Å². The number of sulfonamides is 1. The van der Waals surface area contributed by atoms with E-state index in [9.17, 15) is 22.0 Å². The van der Waals surface area contributed by atoms with Gasteiger partial charge in [0.25, 0.3) is 0 Å². The zero-order valence-electron chi connectivity index (χ0n) is 12.5. The molecule has 0 aliphatic carbocycles. The highest BCUT2D eigenvalue weighted by molar-refractivity contribution is 8.00. The number of aryl methyl sites for hydroxylation is 1. The molecule has 0 radical (unpaired) electrons. The van der Waals surface area contributed by atoms with Crippen molar-refractivity contribution in [2.45, 2.75) is 16.7 Å². The van der Waals surface area contributed by atoms with Crippen molar-refractivity contribution in [3.63, 3.8) is 0 Å². The van der Waals surface area contributed by atoms with Crippen molar-refractivity contribution in [3.05, 3.63) is 53.6 Å². The van der Waals surface area contributed by atoms with E-state index in [4.69, 9.17) is 5.14 Å². The van der Waals surface area contributed by atoms with Crippen LogP contribution in [0.4, 0.5) is 14.5 Å². The summed E-state index contributed by atoms with van der Waals surface area (Å²) in [7, 11) is -3.91. The number of hydrogen-bond acceptors (Lipinski definition) is 4. The number of thioether (sulfide) groups is 1. The molecule has 0 aliphatic heterocycles. The van der Waals surface area contributed by atoms with E-state index < -0.39 is 27.6 Å². The molecule has 0 atom stereocenters. The molecule has 0 heterocycles. The maximum Gasteiger partial charge on any atom is 0.238 e. The summed E-state index contributed by atoms with van der Waals surface area (Å²) in [6.07, 6.45) is 0. The summed E-state index contributed by atoms with van der Waals surface area (Å²) >= 11 is 0.831. The number of primary sulfonamides is 1. The van der Waals surface area contributed by atoms with Crippen molar-refractivity contribution in [2.75, 3.05) is 11.1 Å². The maximum atomic E-state index is 13.5. The highest BCUT2D eigenvalue weighted by atomic mass is 32.2. The Kier molecular flexibility index (Phi) is 5.58. The van der Waals surface area contributed by atoms with Crippen molar-refractivity contribution in [1.82, 2.24) is 0 Å². The number of halogens is 2. The Hall–Kier alpha value is -1.97. The van der Waals surface area contributed by atoms with E-state index in [0.717, 1.165) is 30.0 Å². The lowest BCUT2D eigenvalue weighted by atomic mass is 10.2. The Balaban J connectivity index is 2.06. The monoisotopic (exact) mass is 372 g/mol. The first-order valence-corrected chi connectivity index (χ1v) is 9.21. The number of carbonyl (C=O) groups excluding carboxylic acids is 1. The summed E-state index contributed by atoms with van der Waals surface area (Å²) in [6, 6.07) is 7.24. The van der Waals surface area contributed by atoms with Crippen LogP contribution in [0, 0.1) is 18.6 Å². The third kappa shape index (κ3) is 4.76. The predicted octanol–water partition coefficient (Wildman–Crippen LogP) is 2.65. The molecule has 2 rings (SSSR count). The van der Waals surface area contributed by atoms with Crippen LogP contribution in [-0.4, -0.2) is 20.1 Å². The van der Waals surface area contributed by atoms with Gasteiger partial charge in [0.1, 0.15) is 11.6 Å². The summed E-state index contributed by atoms with van der Waals surface area (Å²) in [5, 5.41) is 7.59. The molecule has 0 bridgehead atoms. The summed E-state index contributed by atoms with van der Waals surface area (Å²) in [5.74, 6) is -1.89. The molecule has 5 nitrogen and oxygen atoms in total. The molecule has 24 heavy (non-hydrogen) atoms. The molecule has 0 aromatic heterocycles. The number of nitrogens with one attached hydrogen (secondary N) is 1. The van der Waals surface area contributed by atoms with Crippen LogP contribution in [0.1, 0.15) is 5.56 Å². The van der Waals surface area contributed by atoms with Crippen LogP contribution in [0.3, 0.4) is 0 Å². The van der Waals surface area contributed by atoms with E-state index in [1.807, 2.05) is 0 Å². The molecule has 9 heteroatoms. The first-order chi connectivity index (χ1) is 11.2. The Morgan fingerprint density at radius 2 is 1.92 bits per heavy atom. The van der Waals surface area contributed by atoms with Crippen LogP contribution >= 0.6 is 11.8 Å². The third-order valence-corrected chi connectivity index (χ3v) is 5.11. The zero-order chi connectivity index (χ0) is 17.9.